The molecular weight excluding hydrogens is 244 g/mol. The maximum Gasteiger partial charge on any atom is 0.0234 e. The third-order valence-electron chi connectivity index (χ3n) is 4.24. The SMILES string of the molecule is C=C=CC1(C(=C)/C=C(\C=C/NC)CN2CCCC2)CC1. The Bertz CT molecular complexity index is 454. The summed E-state index contributed by atoms with van der Waals surface area (Å²) >= 11 is 0. The van der Waals surface area contributed by atoms with E-state index in [-0.39, 0.29) is 5.41 Å². The Morgan fingerprint density at radius 3 is 2.60 bits per heavy atom. The zero-order valence-corrected chi connectivity index (χ0v) is 12.6. The lowest BCUT2D eigenvalue weighted by atomic mass is 9.95. The van der Waals surface area contributed by atoms with Gasteiger partial charge in [0.15, 0.2) is 0 Å². The molecule has 1 aliphatic carbocycles. The third-order valence-corrected chi connectivity index (χ3v) is 4.24. The summed E-state index contributed by atoms with van der Waals surface area (Å²) in [5.74, 6) is 0. The second-order valence-electron chi connectivity index (χ2n) is 5.85. The molecule has 1 saturated heterocycles. The Balaban J connectivity index is 2.08. The monoisotopic (exact) mass is 270 g/mol. The molecule has 0 spiro atoms. The second-order valence-corrected chi connectivity index (χ2v) is 5.85. The number of hydrogen-bond donors (Lipinski definition) is 1. The maximum absolute atomic E-state index is 4.28. The van der Waals surface area contributed by atoms with Crippen LogP contribution in [0.4, 0.5) is 0 Å². The lowest BCUT2D eigenvalue weighted by Crippen LogP contribution is -2.21. The molecule has 20 heavy (non-hydrogen) atoms. The molecule has 1 heterocycles. The number of likely N-dealkylation sites (tertiary alicyclic amines) is 1. The van der Waals surface area contributed by atoms with Crippen molar-refractivity contribution in [3.05, 3.63) is 54.5 Å². The second kappa shape index (κ2) is 6.78. The van der Waals surface area contributed by atoms with E-state index in [0.29, 0.717) is 0 Å². The van der Waals surface area contributed by atoms with Gasteiger partial charge < -0.3 is 5.32 Å². The highest BCUT2D eigenvalue weighted by atomic mass is 15.1. The summed E-state index contributed by atoms with van der Waals surface area (Å²) in [6.07, 6.45) is 13.5. The minimum absolute atomic E-state index is 0.144. The van der Waals surface area contributed by atoms with E-state index in [9.17, 15) is 0 Å². The van der Waals surface area contributed by atoms with E-state index >= 15 is 0 Å². The number of hydrogen-bond acceptors (Lipinski definition) is 2. The minimum atomic E-state index is 0.144. The van der Waals surface area contributed by atoms with Crippen LogP contribution in [0.25, 0.3) is 0 Å². The molecule has 0 amide bonds. The largest absolute Gasteiger partial charge is 0.394 e. The van der Waals surface area contributed by atoms with Gasteiger partial charge in [-0.2, -0.15) is 0 Å². The Hall–Kier alpha value is -1.50. The van der Waals surface area contributed by atoms with Crippen LogP contribution in [-0.2, 0) is 0 Å². The fraction of sp³-hybridized carbons (Fsp3) is 0.500. The lowest BCUT2D eigenvalue weighted by Gasteiger charge is -2.17. The summed E-state index contributed by atoms with van der Waals surface area (Å²) in [5, 5.41) is 3.08. The maximum atomic E-state index is 4.28. The standard InChI is InChI=1S/C18H26N2/c1-4-8-18(9-10-18)16(2)14-17(7-11-19-3)15-20-12-5-6-13-20/h7-8,11,14,19H,1-2,5-6,9-10,12-13,15H2,3H3/b11-7-,17-14+. The summed E-state index contributed by atoms with van der Waals surface area (Å²) < 4.78 is 0. The van der Waals surface area contributed by atoms with Crippen molar-refractivity contribution in [2.24, 2.45) is 5.41 Å². The van der Waals surface area contributed by atoms with E-state index in [1.165, 1.54) is 49.9 Å². The number of rotatable bonds is 7. The molecule has 0 unspecified atom stereocenters. The zero-order chi connectivity index (χ0) is 14.4. The van der Waals surface area contributed by atoms with Crippen molar-refractivity contribution < 1.29 is 0 Å². The lowest BCUT2D eigenvalue weighted by molar-refractivity contribution is 0.371. The van der Waals surface area contributed by atoms with E-state index in [2.05, 4.69) is 47.3 Å². The highest BCUT2D eigenvalue weighted by Crippen LogP contribution is 2.53. The first-order valence-electron chi connectivity index (χ1n) is 7.53. The van der Waals surface area contributed by atoms with E-state index in [1.807, 2.05) is 13.2 Å². The molecule has 0 aromatic rings. The molecule has 2 rings (SSSR count). The Labute approximate surface area is 123 Å². The molecule has 1 saturated carbocycles. The van der Waals surface area contributed by atoms with Gasteiger partial charge in [0.2, 0.25) is 0 Å². The van der Waals surface area contributed by atoms with Crippen LogP contribution in [0, 0.1) is 5.41 Å². The fourth-order valence-corrected chi connectivity index (χ4v) is 2.79. The van der Waals surface area contributed by atoms with Crippen LogP contribution in [-0.4, -0.2) is 31.6 Å². The van der Waals surface area contributed by atoms with Crippen LogP contribution in [0.5, 0.6) is 0 Å². The van der Waals surface area contributed by atoms with Gasteiger partial charge in [-0.25, -0.2) is 0 Å². The average molecular weight is 270 g/mol. The van der Waals surface area contributed by atoms with Gasteiger partial charge in [0.25, 0.3) is 0 Å². The molecule has 0 atom stereocenters. The van der Waals surface area contributed by atoms with Crippen molar-refractivity contribution in [3.8, 4) is 0 Å². The molecule has 2 aliphatic rings. The van der Waals surface area contributed by atoms with E-state index < -0.39 is 0 Å². The molecule has 2 fully saturated rings. The molecule has 0 radical (unpaired) electrons. The van der Waals surface area contributed by atoms with Crippen LogP contribution in [0.1, 0.15) is 25.7 Å². The van der Waals surface area contributed by atoms with Crippen molar-refractivity contribution in [2.45, 2.75) is 25.7 Å². The van der Waals surface area contributed by atoms with E-state index in [0.717, 1.165) is 6.54 Å². The van der Waals surface area contributed by atoms with Crippen molar-refractivity contribution in [1.29, 1.82) is 0 Å². The molecule has 2 heteroatoms. The molecule has 108 valence electrons. The molecule has 1 aliphatic heterocycles. The van der Waals surface area contributed by atoms with Gasteiger partial charge in [-0.15, -0.1) is 5.73 Å². The smallest absolute Gasteiger partial charge is 0.0234 e. The molecule has 0 bridgehead atoms. The van der Waals surface area contributed by atoms with Gasteiger partial charge in [-0.05, 0) is 68.3 Å². The number of nitrogens with one attached hydrogen (secondary N) is 1. The predicted octanol–water partition coefficient (Wildman–Crippen LogP) is 3.42. The van der Waals surface area contributed by atoms with E-state index in [4.69, 9.17) is 0 Å². The topological polar surface area (TPSA) is 15.3 Å². The van der Waals surface area contributed by atoms with Crippen LogP contribution in [0.15, 0.2) is 54.5 Å². The molecule has 0 aromatic heterocycles. The highest BCUT2D eigenvalue weighted by molar-refractivity contribution is 5.40. The Morgan fingerprint density at radius 1 is 1.35 bits per heavy atom. The van der Waals surface area contributed by atoms with Crippen LogP contribution < -0.4 is 5.32 Å². The average Bonchev–Trinajstić information content (AvgIpc) is 3.04. The zero-order valence-electron chi connectivity index (χ0n) is 12.6. The van der Waals surface area contributed by atoms with Crippen molar-refractivity contribution in [3.63, 3.8) is 0 Å². The van der Waals surface area contributed by atoms with Gasteiger partial charge in [-0.3, -0.25) is 4.90 Å². The van der Waals surface area contributed by atoms with Gasteiger partial charge in [0, 0.05) is 19.0 Å². The molecule has 0 aromatic carbocycles. The van der Waals surface area contributed by atoms with Crippen LogP contribution >= 0.6 is 0 Å². The van der Waals surface area contributed by atoms with E-state index in [1.54, 1.807) is 0 Å². The molecule has 1 N–H and O–H groups in total. The summed E-state index contributed by atoms with van der Waals surface area (Å²) in [6.45, 7) is 11.4. The van der Waals surface area contributed by atoms with Crippen molar-refractivity contribution >= 4 is 0 Å². The summed E-state index contributed by atoms with van der Waals surface area (Å²) in [6, 6.07) is 0. The fourth-order valence-electron chi connectivity index (χ4n) is 2.79. The quantitative estimate of drug-likeness (QED) is 0.563. The molecule has 2 nitrogen and oxygen atoms in total. The first-order valence-corrected chi connectivity index (χ1v) is 7.53. The van der Waals surface area contributed by atoms with Gasteiger partial charge in [0.1, 0.15) is 0 Å². The van der Waals surface area contributed by atoms with Crippen molar-refractivity contribution in [2.75, 3.05) is 26.7 Å². The Morgan fingerprint density at radius 2 is 2.05 bits per heavy atom. The number of allylic oxidation sites excluding steroid dienone is 3. The summed E-state index contributed by atoms with van der Waals surface area (Å²) in [4.78, 5) is 2.52. The first kappa shape index (κ1) is 14.9. The highest BCUT2D eigenvalue weighted by Gasteiger charge is 2.41. The third kappa shape index (κ3) is 3.75. The Kier molecular flexibility index (Phi) is 5.05. The van der Waals surface area contributed by atoms with Crippen LogP contribution in [0.2, 0.25) is 0 Å². The minimum Gasteiger partial charge on any atom is -0.394 e. The van der Waals surface area contributed by atoms with Crippen molar-refractivity contribution in [1.82, 2.24) is 10.2 Å². The van der Waals surface area contributed by atoms with Crippen LogP contribution in [0.3, 0.4) is 0 Å². The first-order chi connectivity index (χ1) is 9.70. The van der Waals surface area contributed by atoms with Gasteiger partial charge in [0.05, 0.1) is 0 Å². The summed E-state index contributed by atoms with van der Waals surface area (Å²) in [7, 11) is 1.93. The van der Waals surface area contributed by atoms with Gasteiger partial charge in [-0.1, -0.05) is 19.2 Å². The normalized spacial score (nSPS) is 21.8. The number of nitrogens with zero attached hydrogens (tertiary/aromatic N) is 1. The predicted molar refractivity (Wildman–Crippen MR) is 86.5 cm³/mol. The summed E-state index contributed by atoms with van der Waals surface area (Å²) in [5.41, 5.74) is 5.61. The molecular formula is C18H26N2. The van der Waals surface area contributed by atoms with Gasteiger partial charge >= 0.3 is 0 Å².